The summed E-state index contributed by atoms with van der Waals surface area (Å²) in [7, 11) is 3.24. The van der Waals surface area contributed by atoms with Crippen molar-refractivity contribution in [3.05, 3.63) is 65.7 Å². The predicted octanol–water partition coefficient (Wildman–Crippen LogP) is 3.23. The Bertz CT molecular complexity index is 798. The number of carbonyl (C=O) groups is 1. The summed E-state index contributed by atoms with van der Waals surface area (Å²) in [5.41, 5.74) is 2.31. The van der Waals surface area contributed by atoms with Crippen LogP contribution in [0.4, 0.5) is 0 Å². The van der Waals surface area contributed by atoms with E-state index in [-0.39, 0.29) is 11.9 Å². The minimum Gasteiger partial charge on any atom is -0.489 e. The molecule has 0 aromatic heterocycles. The van der Waals surface area contributed by atoms with Gasteiger partial charge >= 0.3 is 5.97 Å². The van der Waals surface area contributed by atoms with E-state index in [4.69, 9.17) is 9.47 Å². The lowest BCUT2D eigenvalue weighted by Crippen LogP contribution is -2.46. The molecule has 0 saturated carbocycles. The number of benzene rings is 2. The summed E-state index contributed by atoms with van der Waals surface area (Å²) in [6, 6.07) is 18.2. The van der Waals surface area contributed by atoms with Crippen LogP contribution in [0.1, 0.15) is 24.0 Å². The number of guanidine groups is 1. The van der Waals surface area contributed by atoms with E-state index in [9.17, 15) is 4.79 Å². The molecule has 6 nitrogen and oxygen atoms in total. The lowest BCUT2D eigenvalue weighted by molar-refractivity contribution is -0.146. The molecular weight excluding hydrogens is 366 g/mol. The van der Waals surface area contributed by atoms with E-state index < -0.39 is 0 Å². The molecule has 3 rings (SSSR count). The lowest BCUT2D eigenvalue weighted by atomic mass is 9.97. The molecule has 1 heterocycles. The number of para-hydroxylation sites is 1. The van der Waals surface area contributed by atoms with Crippen LogP contribution in [0.2, 0.25) is 0 Å². The predicted molar refractivity (Wildman–Crippen MR) is 114 cm³/mol. The number of hydrogen-bond acceptors (Lipinski definition) is 4. The number of rotatable bonds is 6. The molecule has 2 aromatic rings. The van der Waals surface area contributed by atoms with Gasteiger partial charge in [-0.25, -0.2) is 0 Å². The monoisotopic (exact) mass is 395 g/mol. The standard InChI is InChI=1S/C23H29N3O3/c1-24-23(26-14-12-20(13-15-26)22(27)28-2)25-16-18-8-10-19(11-9-18)17-29-21-6-4-3-5-7-21/h3-11,20H,12-17H2,1-2H3,(H,24,25). The molecule has 1 N–H and O–H groups in total. The minimum absolute atomic E-state index is 0.00000503. The Morgan fingerprint density at radius 2 is 1.72 bits per heavy atom. The van der Waals surface area contributed by atoms with Crippen LogP contribution >= 0.6 is 0 Å². The maximum absolute atomic E-state index is 11.7. The number of piperidine rings is 1. The molecule has 0 unspecified atom stereocenters. The number of ether oxygens (including phenoxy) is 2. The molecule has 0 radical (unpaired) electrons. The molecule has 154 valence electrons. The van der Waals surface area contributed by atoms with Crippen molar-refractivity contribution in [2.45, 2.75) is 26.0 Å². The Hall–Kier alpha value is -3.02. The Balaban J connectivity index is 1.45. The lowest BCUT2D eigenvalue weighted by Gasteiger charge is -2.33. The number of esters is 1. The fourth-order valence-corrected chi connectivity index (χ4v) is 3.44. The summed E-state index contributed by atoms with van der Waals surface area (Å²) < 4.78 is 10.6. The van der Waals surface area contributed by atoms with E-state index in [2.05, 4.69) is 39.5 Å². The van der Waals surface area contributed by atoms with Crippen molar-refractivity contribution < 1.29 is 14.3 Å². The third-order valence-corrected chi connectivity index (χ3v) is 5.16. The van der Waals surface area contributed by atoms with Gasteiger partial charge < -0.3 is 19.7 Å². The SMILES string of the molecule is CN=C(NCc1ccc(COc2ccccc2)cc1)N1CCC(C(=O)OC)CC1. The number of hydrogen-bond donors (Lipinski definition) is 1. The second-order valence-corrected chi connectivity index (χ2v) is 7.10. The third kappa shape index (κ3) is 5.98. The van der Waals surface area contributed by atoms with Gasteiger partial charge in [-0.3, -0.25) is 9.79 Å². The van der Waals surface area contributed by atoms with E-state index in [1.165, 1.54) is 12.7 Å². The molecule has 0 bridgehead atoms. The van der Waals surface area contributed by atoms with Gasteiger partial charge in [0, 0.05) is 26.7 Å². The van der Waals surface area contributed by atoms with Crippen LogP contribution in [-0.4, -0.2) is 44.1 Å². The number of aliphatic imine (C=N–C) groups is 1. The minimum atomic E-state index is -0.107. The number of likely N-dealkylation sites (tertiary alicyclic amines) is 1. The zero-order chi connectivity index (χ0) is 20.5. The van der Waals surface area contributed by atoms with Crippen molar-refractivity contribution in [3.63, 3.8) is 0 Å². The summed E-state index contributed by atoms with van der Waals surface area (Å²) >= 11 is 0. The van der Waals surface area contributed by atoms with Crippen molar-refractivity contribution in [2.75, 3.05) is 27.2 Å². The first-order valence-corrected chi connectivity index (χ1v) is 9.98. The van der Waals surface area contributed by atoms with Gasteiger partial charge in [-0.2, -0.15) is 0 Å². The Morgan fingerprint density at radius 3 is 2.34 bits per heavy atom. The summed E-state index contributed by atoms with van der Waals surface area (Å²) in [6.07, 6.45) is 1.59. The molecule has 1 fully saturated rings. The smallest absolute Gasteiger partial charge is 0.308 e. The molecular formula is C23H29N3O3. The van der Waals surface area contributed by atoms with Crippen LogP contribution in [0.15, 0.2) is 59.6 Å². The highest BCUT2D eigenvalue weighted by atomic mass is 16.5. The highest BCUT2D eigenvalue weighted by Gasteiger charge is 2.26. The van der Waals surface area contributed by atoms with Gasteiger partial charge in [0.25, 0.3) is 0 Å². The van der Waals surface area contributed by atoms with Crippen LogP contribution < -0.4 is 10.1 Å². The largest absolute Gasteiger partial charge is 0.489 e. The van der Waals surface area contributed by atoms with E-state index >= 15 is 0 Å². The zero-order valence-corrected chi connectivity index (χ0v) is 17.1. The zero-order valence-electron chi connectivity index (χ0n) is 17.1. The van der Waals surface area contributed by atoms with Gasteiger partial charge in [0.2, 0.25) is 0 Å². The molecule has 1 saturated heterocycles. The second-order valence-electron chi connectivity index (χ2n) is 7.10. The molecule has 0 amide bonds. The summed E-state index contributed by atoms with van der Waals surface area (Å²) in [6.45, 7) is 2.85. The summed E-state index contributed by atoms with van der Waals surface area (Å²) in [5, 5.41) is 3.42. The normalized spacial score (nSPS) is 15.1. The molecule has 0 atom stereocenters. The van der Waals surface area contributed by atoms with Gasteiger partial charge in [0.15, 0.2) is 5.96 Å². The Kier molecular flexibility index (Phi) is 7.50. The van der Waals surface area contributed by atoms with E-state index in [1.807, 2.05) is 30.3 Å². The van der Waals surface area contributed by atoms with Gasteiger partial charge in [0.1, 0.15) is 12.4 Å². The molecule has 1 aliphatic rings. The van der Waals surface area contributed by atoms with E-state index in [1.54, 1.807) is 7.05 Å². The van der Waals surface area contributed by atoms with Gasteiger partial charge in [-0.05, 0) is 36.1 Å². The van der Waals surface area contributed by atoms with Crippen molar-refractivity contribution in [2.24, 2.45) is 10.9 Å². The first kappa shape index (κ1) is 20.7. The fraction of sp³-hybridized carbons (Fsp3) is 0.391. The molecule has 6 heteroatoms. The highest BCUT2D eigenvalue weighted by molar-refractivity contribution is 5.80. The second kappa shape index (κ2) is 10.5. The topological polar surface area (TPSA) is 63.2 Å². The molecule has 1 aliphatic heterocycles. The summed E-state index contributed by atoms with van der Waals surface area (Å²) in [4.78, 5) is 18.3. The quantitative estimate of drug-likeness (QED) is 0.462. The average molecular weight is 396 g/mol. The molecule has 29 heavy (non-hydrogen) atoms. The number of nitrogens with zero attached hydrogens (tertiary/aromatic N) is 2. The average Bonchev–Trinajstić information content (AvgIpc) is 2.79. The first-order valence-electron chi connectivity index (χ1n) is 9.98. The van der Waals surface area contributed by atoms with Crippen molar-refractivity contribution >= 4 is 11.9 Å². The molecule has 2 aromatic carbocycles. The van der Waals surface area contributed by atoms with Crippen LogP contribution in [0.3, 0.4) is 0 Å². The number of carbonyl (C=O) groups excluding carboxylic acids is 1. The fourth-order valence-electron chi connectivity index (χ4n) is 3.44. The third-order valence-electron chi connectivity index (χ3n) is 5.16. The summed E-state index contributed by atoms with van der Waals surface area (Å²) in [5.74, 6) is 1.63. The number of nitrogens with one attached hydrogen (secondary N) is 1. The van der Waals surface area contributed by atoms with Crippen LogP contribution in [0.25, 0.3) is 0 Å². The maximum atomic E-state index is 11.7. The molecule has 0 aliphatic carbocycles. The Morgan fingerprint density at radius 1 is 1.07 bits per heavy atom. The van der Waals surface area contributed by atoms with Gasteiger partial charge in [0.05, 0.1) is 13.0 Å². The maximum Gasteiger partial charge on any atom is 0.308 e. The molecule has 0 spiro atoms. The number of methoxy groups -OCH3 is 1. The van der Waals surface area contributed by atoms with Gasteiger partial charge in [-0.15, -0.1) is 0 Å². The van der Waals surface area contributed by atoms with Crippen LogP contribution in [0, 0.1) is 5.92 Å². The van der Waals surface area contributed by atoms with Gasteiger partial charge in [-0.1, -0.05) is 42.5 Å². The first-order chi connectivity index (χ1) is 14.2. The highest BCUT2D eigenvalue weighted by Crippen LogP contribution is 2.18. The van der Waals surface area contributed by atoms with Crippen molar-refractivity contribution in [1.29, 1.82) is 0 Å². The van der Waals surface area contributed by atoms with E-state index in [0.29, 0.717) is 13.2 Å². The van der Waals surface area contributed by atoms with Crippen molar-refractivity contribution in [3.8, 4) is 5.75 Å². The Labute approximate surface area is 172 Å². The van der Waals surface area contributed by atoms with Crippen LogP contribution in [0.5, 0.6) is 5.75 Å². The van der Waals surface area contributed by atoms with Crippen LogP contribution in [-0.2, 0) is 22.7 Å². The van der Waals surface area contributed by atoms with Crippen molar-refractivity contribution in [1.82, 2.24) is 10.2 Å². The van der Waals surface area contributed by atoms with E-state index in [0.717, 1.165) is 43.2 Å².